The van der Waals surface area contributed by atoms with Crippen LogP contribution in [0.4, 0.5) is 5.69 Å². The van der Waals surface area contributed by atoms with Gasteiger partial charge in [-0.1, -0.05) is 29.8 Å². The Morgan fingerprint density at radius 1 is 1.16 bits per heavy atom. The monoisotopic (exact) mass is 626 g/mol. The van der Waals surface area contributed by atoms with Crippen molar-refractivity contribution in [2.75, 3.05) is 18.0 Å². The molecule has 2 aliphatic heterocycles. The maximum atomic E-state index is 13.4. The van der Waals surface area contributed by atoms with Crippen LogP contribution in [0.2, 0.25) is 5.02 Å². The van der Waals surface area contributed by atoms with Crippen molar-refractivity contribution in [1.82, 2.24) is 4.72 Å². The Hall–Kier alpha value is -2.88. The summed E-state index contributed by atoms with van der Waals surface area (Å²) in [7, 11) is -3.97. The van der Waals surface area contributed by atoms with E-state index < -0.39 is 26.3 Å². The van der Waals surface area contributed by atoms with Crippen LogP contribution < -0.4 is 14.4 Å². The number of allylic oxidation sites excluding steroid dienone is 1. The van der Waals surface area contributed by atoms with Crippen molar-refractivity contribution >= 4 is 39.5 Å². The maximum Gasteiger partial charge on any atom is 0.264 e. The molecule has 2 saturated carbocycles. The van der Waals surface area contributed by atoms with E-state index in [4.69, 9.17) is 16.3 Å². The fourth-order valence-corrected chi connectivity index (χ4v) is 8.86. The van der Waals surface area contributed by atoms with E-state index in [9.17, 15) is 23.1 Å². The van der Waals surface area contributed by atoms with Gasteiger partial charge in [0.05, 0.1) is 16.0 Å². The van der Waals surface area contributed by atoms with E-state index in [0.717, 1.165) is 49.5 Å². The third-order valence-corrected chi connectivity index (χ3v) is 12.6. The predicted octanol–water partition coefficient (Wildman–Crippen LogP) is 5.21. The number of carbonyl (C=O) groups excluding carboxylic acids is 2. The van der Waals surface area contributed by atoms with Gasteiger partial charge in [0.2, 0.25) is 10.0 Å². The first-order chi connectivity index (χ1) is 20.5. The number of anilines is 1. The highest BCUT2D eigenvalue weighted by atomic mass is 35.5. The first kappa shape index (κ1) is 30.2. The average Bonchev–Trinajstić information content (AvgIpc) is 3.62. The molecule has 1 amide bonds. The molecule has 43 heavy (non-hydrogen) atoms. The SMILES string of the molecule is C[C@@]12C[C@H]1C/C=C/[C@](O)(CC=O)[C@@H]1CC[C@H]1CN1CCCCc3cc(Cl)ccc3COc3ccc(cc31)C(=O)NS2(=O)=O. The fourth-order valence-electron chi connectivity index (χ4n) is 7.11. The molecular formula is C33H39ClN2O6S. The van der Waals surface area contributed by atoms with Crippen molar-refractivity contribution in [1.29, 1.82) is 0 Å². The second-order valence-electron chi connectivity index (χ2n) is 12.9. The number of aliphatic hydroxyl groups is 1. The predicted molar refractivity (Wildman–Crippen MR) is 166 cm³/mol. The minimum absolute atomic E-state index is 0.00831. The number of carbonyl (C=O) groups is 2. The Bertz CT molecular complexity index is 1560. The van der Waals surface area contributed by atoms with Crippen molar-refractivity contribution in [3.63, 3.8) is 0 Å². The number of hydrogen-bond donors (Lipinski definition) is 2. The van der Waals surface area contributed by atoms with E-state index in [1.807, 2.05) is 24.3 Å². The normalized spacial score (nSPS) is 32.7. The maximum absolute atomic E-state index is 13.4. The van der Waals surface area contributed by atoms with Gasteiger partial charge in [0.25, 0.3) is 5.91 Å². The molecule has 0 aromatic heterocycles. The summed E-state index contributed by atoms with van der Waals surface area (Å²) >= 11 is 6.31. The summed E-state index contributed by atoms with van der Waals surface area (Å²) in [5, 5.41) is 12.4. The van der Waals surface area contributed by atoms with Crippen LogP contribution in [0, 0.1) is 17.8 Å². The van der Waals surface area contributed by atoms with Crippen LogP contribution in [0.15, 0.2) is 48.6 Å². The van der Waals surface area contributed by atoms with Crippen molar-refractivity contribution in [2.24, 2.45) is 17.8 Å². The standard InChI is InChI=1S/C33H39ClN2O6S/c1-32-19-26(32)6-4-13-33(39,14-16-37)28-11-8-24(28)20-36-15-3-2-5-22-17-27(34)10-7-25(22)21-42-30-12-9-23(18-29(30)36)31(38)35-43(32,40)41/h4,7,9-10,12-13,16-18,24,26,28,39H,2-3,5-6,8,11,14-15,19-21H2,1H3,(H,35,38)/b13-4+/t24-,26+,28+,32+,33-/m0/s1. The fraction of sp³-hybridized carbons (Fsp3) is 0.515. The third-order valence-electron chi connectivity index (χ3n) is 10.2. The summed E-state index contributed by atoms with van der Waals surface area (Å²) in [4.78, 5) is 27.3. The molecule has 0 unspecified atom stereocenters. The van der Waals surface area contributed by atoms with Gasteiger partial charge < -0.3 is 19.5 Å². The van der Waals surface area contributed by atoms with Crippen molar-refractivity contribution in [2.45, 2.75) is 75.2 Å². The number of aldehydes is 1. The van der Waals surface area contributed by atoms with Gasteiger partial charge in [0.15, 0.2) is 0 Å². The number of halogens is 1. The first-order valence-corrected chi connectivity index (χ1v) is 17.1. The van der Waals surface area contributed by atoms with E-state index in [0.29, 0.717) is 49.0 Å². The van der Waals surface area contributed by atoms with Crippen LogP contribution >= 0.6 is 11.6 Å². The minimum Gasteiger partial charge on any atom is -0.487 e. The number of amides is 1. The highest BCUT2D eigenvalue weighted by Gasteiger charge is 2.60. The van der Waals surface area contributed by atoms with Crippen LogP contribution in [-0.2, 0) is 27.8 Å². The molecule has 2 aliphatic carbocycles. The first-order valence-electron chi connectivity index (χ1n) is 15.2. The van der Waals surface area contributed by atoms with Crippen LogP contribution in [0.25, 0.3) is 0 Å². The Kier molecular flexibility index (Phi) is 8.11. The summed E-state index contributed by atoms with van der Waals surface area (Å²) in [5.74, 6) is -0.240. The second kappa shape index (κ2) is 11.6. The highest BCUT2D eigenvalue weighted by molar-refractivity contribution is 7.91. The number of fused-ring (bicyclic) bond motifs is 4. The zero-order valence-corrected chi connectivity index (χ0v) is 26.0. The molecule has 0 saturated heterocycles. The lowest BCUT2D eigenvalue weighted by Gasteiger charge is -2.47. The summed E-state index contributed by atoms with van der Waals surface area (Å²) in [6.07, 6.45) is 9.51. The van der Waals surface area contributed by atoms with Gasteiger partial charge >= 0.3 is 0 Å². The summed E-state index contributed by atoms with van der Waals surface area (Å²) in [5.41, 5.74) is 1.85. The molecule has 2 N–H and O–H groups in total. The molecule has 5 atom stereocenters. The van der Waals surface area contributed by atoms with Crippen molar-refractivity contribution in [3.8, 4) is 5.75 Å². The van der Waals surface area contributed by atoms with Crippen LogP contribution in [0.3, 0.4) is 0 Å². The van der Waals surface area contributed by atoms with Crippen LogP contribution in [0.5, 0.6) is 5.75 Å². The summed E-state index contributed by atoms with van der Waals surface area (Å²) in [6, 6.07) is 10.9. The highest BCUT2D eigenvalue weighted by Crippen LogP contribution is 2.52. The number of sulfonamides is 1. The second-order valence-corrected chi connectivity index (χ2v) is 15.5. The van der Waals surface area contributed by atoms with Crippen molar-refractivity contribution < 1.29 is 27.9 Å². The average molecular weight is 627 g/mol. The molecule has 8 nitrogen and oxygen atoms in total. The molecule has 230 valence electrons. The number of benzene rings is 2. The lowest BCUT2D eigenvalue weighted by molar-refractivity contribution is -0.115. The topological polar surface area (TPSA) is 113 Å². The third kappa shape index (κ3) is 5.83. The number of ether oxygens (including phenoxy) is 1. The molecule has 2 bridgehead atoms. The molecule has 2 aromatic carbocycles. The molecule has 0 spiro atoms. The largest absolute Gasteiger partial charge is 0.487 e. The molecule has 6 rings (SSSR count). The van der Waals surface area contributed by atoms with E-state index in [1.54, 1.807) is 31.2 Å². The van der Waals surface area contributed by atoms with E-state index in [-0.39, 0.29) is 29.7 Å². The van der Waals surface area contributed by atoms with Gasteiger partial charge in [0.1, 0.15) is 18.6 Å². The smallest absolute Gasteiger partial charge is 0.264 e. The van der Waals surface area contributed by atoms with Crippen molar-refractivity contribution in [3.05, 3.63) is 70.3 Å². The van der Waals surface area contributed by atoms with Crippen LogP contribution in [0.1, 0.15) is 73.4 Å². The molecule has 2 heterocycles. The van der Waals surface area contributed by atoms with Gasteiger partial charge in [-0.25, -0.2) is 13.1 Å². The Morgan fingerprint density at radius 2 is 2.00 bits per heavy atom. The molecule has 0 radical (unpaired) electrons. The van der Waals surface area contributed by atoms with E-state index in [1.165, 1.54) is 0 Å². The minimum atomic E-state index is -3.97. The van der Waals surface area contributed by atoms with Gasteiger partial charge in [-0.15, -0.1) is 0 Å². The lowest BCUT2D eigenvalue weighted by Crippen LogP contribution is -2.50. The van der Waals surface area contributed by atoms with E-state index in [2.05, 4.69) is 9.62 Å². The summed E-state index contributed by atoms with van der Waals surface area (Å²) in [6.45, 7) is 3.27. The Balaban J connectivity index is 1.41. The van der Waals surface area contributed by atoms with Gasteiger partial charge in [-0.3, -0.25) is 4.79 Å². The Morgan fingerprint density at radius 3 is 2.77 bits per heavy atom. The van der Waals surface area contributed by atoms with Gasteiger partial charge in [-0.2, -0.15) is 0 Å². The zero-order valence-electron chi connectivity index (χ0n) is 24.4. The number of nitrogens with one attached hydrogen (secondary N) is 1. The van der Waals surface area contributed by atoms with Gasteiger partial charge in [0, 0.05) is 30.1 Å². The molecular weight excluding hydrogens is 588 g/mol. The molecule has 4 aliphatic rings. The summed E-state index contributed by atoms with van der Waals surface area (Å²) < 4.78 is 34.4. The van der Waals surface area contributed by atoms with Crippen LogP contribution in [-0.4, -0.2) is 49.2 Å². The molecule has 2 fully saturated rings. The number of rotatable bonds is 2. The molecule has 2 aromatic rings. The number of aryl methyl sites for hydroxylation is 1. The Labute approximate surface area is 258 Å². The number of nitrogens with zero attached hydrogens (tertiary/aromatic N) is 1. The number of hydrogen-bond acceptors (Lipinski definition) is 7. The zero-order chi connectivity index (χ0) is 30.4. The van der Waals surface area contributed by atoms with Gasteiger partial charge in [-0.05, 0) is 111 Å². The molecule has 10 heteroatoms. The quantitative estimate of drug-likeness (QED) is 0.348. The lowest BCUT2D eigenvalue weighted by atomic mass is 9.63. The van der Waals surface area contributed by atoms with E-state index >= 15 is 0 Å².